The molecule has 1 aliphatic rings. The lowest BCUT2D eigenvalue weighted by molar-refractivity contribution is 0.135. The number of nitrogens with one attached hydrogen (secondary N) is 1. The molecule has 2 rings (SSSR count). The van der Waals surface area contributed by atoms with Crippen LogP contribution in [0.1, 0.15) is 45.6 Å². The van der Waals surface area contributed by atoms with Gasteiger partial charge >= 0.3 is 5.69 Å². The lowest BCUT2D eigenvalue weighted by Gasteiger charge is -2.38. The van der Waals surface area contributed by atoms with Gasteiger partial charge < -0.3 is 0 Å². The predicted molar refractivity (Wildman–Crippen MR) is 67.6 cm³/mol. The quantitative estimate of drug-likeness (QED) is 0.800. The van der Waals surface area contributed by atoms with E-state index in [1.165, 1.54) is 0 Å². The summed E-state index contributed by atoms with van der Waals surface area (Å²) in [6.45, 7) is 3.99. The molecule has 0 aliphatic heterocycles. The van der Waals surface area contributed by atoms with Gasteiger partial charge in [-0.1, -0.05) is 38.3 Å². The summed E-state index contributed by atoms with van der Waals surface area (Å²) >= 11 is 5.46. The van der Waals surface area contributed by atoms with Gasteiger partial charge in [-0.3, -0.25) is 14.3 Å². The molecule has 1 aliphatic carbocycles. The van der Waals surface area contributed by atoms with Crippen LogP contribution < -0.4 is 11.2 Å². The Balaban J connectivity index is 2.61. The second-order valence-corrected chi connectivity index (χ2v) is 5.86. The number of rotatable bonds is 1. The molecular formula is C12H16ClFN2O2. The van der Waals surface area contributed by atoms with Crippen LogP contribution in [0, 0.1) is 11.2 Å². The third kappa shape index (κ3) is 2.11. The Labute approximate surface area is 109 Å². The van der Waals surface area contributed by atoms with E-state index in [4.69, 9.17) is 11.6 Å². The highest BCUT2D eigenvalue weighted by Gasteiger charge is 2.35. The third-order valence-corrected chi connectivity index (χ3v) is 4.06. The summed E-state index contributed by atoms with van der Waals surface area (Å²) in [4.78, 5) is 25.9. The number of halogens is 2. The Kier molecular flexibility index (Phi) is 3.36. The van der Waals surface area contributed by atoms with Crippen molar-refractivity contribution in [3.63, 3.8) is 0 Å². The summed E-state index contributed by atoms with van der Waals surface area (Å²) in [5, 5.41) is -0.519. The summed E-state index contributed by atoms with van der Waals surface area (Å²) < 4.78 is 14.5. The third-order valence-electron chi connectivity index (χ3n) is 3.80. The van der Waals surface area contributed by atoms with E-state index in [0.29, 0.717) is 6.42 Å². The summed E-state index contributed by atoms with van der Waals surface area (Å²) in [6.07, 6.45) is 3.61. The second-order valence-electron chi connectivity index (χ2n) is 5.48. The fourth-order valence-corrected chi connectivity index (χ4v) is 2.90. The van der Waals surface area contributed by atoms with Crippen molar-refractivity contribution in [1.29, 1.82) is 0 Å². The van der Waals surface area contributed by atoms with E-state index in [1.807, 2.05) is 13.8 Å². The zero-order chi connectivity index (χ0) is 13.5. The van der Waals surface area contributed by atoms with Gasteiger partial charge in [0.1, 0.15) is 0 Å². The molecule has 1 aromatic rings. The molecule has 0 spiro atoms. The minimum absolute atomic E-state index is 0.199. The lowest BCUT2D eigenvalue weighted by Crippen LogP contribution is -2.45. The SMILES string of the molecule is CC1(C)CCCCC1n1c(=O)[nH]c(Cl)c(F)c1=O. The molecule has 1 fully saturated rings. The Morgan fingerprint density at radius 2 is 2.06 bits per heavy atom. The molecule has 18 heavy (non-hydrogen) atoms. The molecule has 1 heterocycles. The van der Waals surface area contributed by atoms with Crippen LogP contribution in [-0.2, 0) is 0 Å². The smallest absolute Gasteiger partial charge is 0.295 e. The summed E-state index contributed by atoms with van der Waals surface area (Å²) in [7, 11) is 0. The molecule has 0 amide bonds. The lowest BCUT2D eigenvalue weighted by atomic mass is 9.73. The summed E-state index contributed by atoms with van der Waals surface area (Å²) in [5.41, 5.74) is -1.76. The highest BCUT2D eigenvalue weighted by atomic mass is 35.5. The van der Waals surface area contributed by atoms with Crippen molar-refractivity contribution in [2.45, 2.75) is 45.6 Å². The maximum Gasteiger partial charge on any atom is 0.329 e. The van der Waals surface area contributed by atoms with Crippen molar-refractivity contribution < 1.29 is 4.39 Å². The Hall–Kier alpha value is -1.10. The molecule has 0 radical (unpaired) electrons. The second kappa shape index (κ2) is 4.53. The highest BCUT2D eigenvalue weighted by molar-refractivity contribution is 6.29. The fraction of sp³-hybridized carbons (Fsp3) is 0.667. The molecule has 6 heteroatoms. The van der Waals surface area contributed by atoms with Gasteiger partial charge in [-0.15, -0.1) is 0 Å². The van der Waals surface area contributed by atoms with E-state index < -0.39 is 22.2 Å². The van der Waals surface area contributed by atoms with Gasteiger partial charge in [-0.2, -0.15) is 4.39 Å². The number of hydrogen-bond acceptors (Lipinski definition) is 2. The molecule has 1 saturated carbocycles. The van der Waals surface area contributed by atoms with Gasteiger partial charge in [0.2, 0.25) is 5.82 Å². The number of hydrogen-bond donors (Lipinski definition) is 1. The van der Waals surface area contributed by atoms with Gasteiger partial charge in [-0.05, 0) is 18.3 Å². The van der Waals surface area contributed by atoms with Gasteiger partial charge in [-0.25, -0.2) is 4.79 Å². The van der Waals surface area contributed by atoms with E-state index in [2.05, 4.69) is 4.98 Å². The first kappa shape index (κ1) is 13.3. The van der Waals surface area contributed by atoms with Crippen molar-refractivity contribution in [2.75, 3.05) is 0 Å². The monoisotopic (exact) mass is 274 g/mol. The standard InChI is InChI=1S/C12H16ClFN2O2/c1-12(2)6-4-3-5-7(12)16-10(17)8(14)9(13)15-11(16)18/h7H,3-6H2,1-2H3,(H,15,18). The van der Waals surface area contributed by atoms with Crippen LogP contribution in [-0.4, -0.2) is 9.55 Å². The molecule has 4 nitrogen and oxygen atoms in total. The van der Waals surface area contributed by atoms with E-state index in [9.17, 15) is 14.0 Å². The van der Waals surface area contributed by atoms with E-state index in [-0.39, 0.29) is 11.5 Å². The van der Waals surface area contributed by atoms with Gasteiger partial charge in [0, 0.05) is 6.04 Å². The molecule has 0 bridgehead atoms. The Morgan fingerprint density at radius 3 is 2.67 bits per heavy atom. The van der Waals surface area contributed by atoms with Crippen molar-refractivity contribution >= 4 is 11.6 Å². The van der Waals surface area contributed by atoms with E-state index in [0.717, 1.165) is 23.8 Å². The molecule has 0 aromatic carbocycles. The molecule has 1 aromatic heterocycles. The Bertz CT molecular complexity index is 576. The number of aromatic amines is 1. The summed E-state index contributed by atoms with van der Waals surface area (Å²) in [5.74, 6) is -1.09. The van der Waals surface area contributed by atoms with E-state index >= 15 is 0 Å². The molecule has 100 valence electrons. The maximum atomic E-state index is 13.5. The van der Waals surface area contributed by atoms with Crippen molar-refractivity contribution in [1.82, 2.24) is 9.55 Å². The van der Waals surface area contributed by atoms with Crippen LogP contribution in [0.3, 0.4) is 0 Å². The predicted octanol–water partition coefficient (Wildman–Crippen LogP) is 2.47. The van der Waals surface area contributed by atoms with Crippen molar-refractivity contribution in [3.8, 4) is 0 Å². The normalized spacial score (nSPS) is 23.0. The minimum atomic E-state index is -1.09. The largest absolute Gasteiger partial charge is 0.329 e. The number of H-pyrrole nitrogens is 1. The van der Waals surface area contributed by atoms with Crippen LogP contribution in [0.5, 0.6) is 0 Å². The molecule has 1 atom stereocenters. The number of nitrogens with zero attached hydrogens (tertiary/aromatic N) is 1. The van der Waals surface area contributed by atoms with Crippen LogP contribution in [0.25, 0.3) is 0 Å². The maximum absolute atomic E-state index is 13.5. The van der Waals surface area contributed by atoms with Crippen LogP contribution >= 0.6 is 11.6 Å². The average molecular weight is 275 g/mol. The average Bonchev–Trinajstić information content (AvgIpc) is 2.28. The molecule has 0 saturated heterocycles. The van der Waals surface area contributed by atoms with E-state index in [1.54, 1.807) is 0 Å². The minimum Gasteiger partial charge on any atom is -0.295 e. The van der Waals surface area contributed by atoms with Gasteiger partial charge in [0.15, 0.2) is 5.15 Å². The van der Waals surface area contributed by atoms with Gasteiger partial charge in [0.05, 0.1) is 0 Å². The highest BCUT2D eigenvalue weighted by Crippen LogP contribution is 2.42. The van der Waals surface area contributed by atoms with Crippen LogP contribution in [0.15, 0.2) is 9.59 Å². The molecular weight excluding hydrogens is 259 g/mol. The number of aromatic nitrogens is 2. The van der Waals surface area contributed by atoms with Crippen molar-refractivity contribution in [3.05, 3.63) is 31.8 Å². The first-order chi connectivity index (χ1) is 8.34. The van der Waals surface area contributed by atoms with Crippen molar-refractivity contribution in [2.24, 2.45) is 5.41 Å². The van der Waals surface area contributed by atoms with Crippen LogP contribution in [0.4, 0.5) is 4.39 Å². The van der Waals surface area contributed by atoms with Gasteiger partial charge in [0.25, 0.3) is 5.56 Å². The van der Waals surface area contributed by atoms with Crippen LogP contribution in [0.2, 0.25) is 5.15 Å². The zero-order valence-corrected chi connectivity index (χ0v) is 11.2. The Morgan fingerprint density at radius 1 is 1.39 bits per heavy atom. The molecule has 1 N–H and O–H groups in total. The zero-order valence-electron chi connectivity index (χ0n) is 10.4. The first-order valence-corrected chi connectivity index (χ1v) is 6.42. The summed E-state index contributed by atoms with van der Waals surface area (Å²) in [6, 6.07) is -0.283. The first-order valence-electron chi connectivity index (χ1n) is 6.04. The molecule has 1 unspecified atom stereocenters. The fourth-order valence-electron chi connectivity index (χ4n) is 2.74. The topological polar surface area (TPSA) is 54.9 Å².